The minimum Gasteiger partial charge on any atom is -0.481 e. The highest BCUT2D eigenvalue weighted by molar-refractivity contribution is 5.79. The van der Waals surface area contributed by atoms with E-state index >= 15 is 4.79 Å². The molecule has 0 bridgehead atoms. The van der Waals surface area contributed by atoms with Gasteiger partial charge < -0.3 is 178 Å². The van der Waals surface area contributed by atoms with Crippen molar-refractivity contribution in [2.75, 3.05) is 46.2 Å². The number of allylic oxidation sites excluding steroid dienone is 1. The van der Waals surface area contributed by atoms with Gasteiger partial charge in [0.1, 0.15) is 128 Å². The van der Waals surface area contributed by atoms with Gasteiger partial charge in [-0.05, 0) is 113 Å². The van der Waals surface area contributed by atoms with Crippen molar-refractivity contribution in [3.63, 3.8) is 0 Å². The van der Waals surface area contributed by atoms with E-state index in [1.165, 1.54) is 20.8 Å². The maximum absolute atomic E-state index is 16.2. The van der Waals surface area contributed by atoms with Crippen molar-refractivity contribution >= 4 is 23.9 Å². The van der Waals surface area contributed by atoms with Crippen molar-refractivity contribution in [3.05, 3.63) is 11.6 Å². The number of ether oxygens (including phenoxy) is 16. The SMILES string of the molecule is CC(=O)O[C@H]1[C@@H](OC(C)=O)[C@@H](C)O[C@@H](OC(=O)[C@]23CCC(C)(C)C[C@H]2C2=CC[C@@H]4[C@@]5(C)C[C@H](O)[C@H](O[C@@H]6O[C@H](CO)[C@@H](O)[C@H](O)[C@H]6O[C@@H]6O[C@H](CO)[C@@H](O)[C@H](O)[C@H]6O)[C@@](C)(C(=O)O)C5CC[C@@]4(C)[C@]2(CO)CC3)[C@@H]1O[C@@H]1O[C@@H](C)[C@H](O[C@@H]2OC[C@@H](O[C@@H]3O[C@H](CO)[C@H](O)[C@H](O)[C@H]3O)[C@H](O)[C@H]2O)[C@@H](O[C@@H]2OC[C@](O)(CO)[C@H]2O)[C@H]1O. The molecule has 652 valence electrons. The third-order valence-corrected chi connectivity index (χ3v) is 27.6. The summed E-state index contributed by atoms with van der Waals surface area (Å²) in [4.78, 5) is 57.0. The van der Waals surface area contributed by atoms with Gasteiger partial charge in [0.25, 0.3) is 0 Å². The van der Waals surface area contributed by atoms with E-state index in [1.807, 2.05) is 33.8 Å². The van der Waals surface area contributed by atoms with Gasteiger partial charge in [0.2, 0.25) is 6.29 Å². The Labute approximate surface area is 655 Å². The zero-order valence-electron chi connectivity index (χ0n) is 64.8. The van der Waals surface area contributed by atoms with Crippen LogP contribution in [0.2, 0.25) is 0 Å². The molecule has 0 amide bonds. The van der Waals surface area contributed by atoms with Crippen LogP contribution in [-0.4, -0.2) is 381 Å². The van der Waals surface area contributed by atoms with E-state index in [0.717, 1.165) is 19.4 Å². The maximum Gasteiger partial charge on any atom is 0.315 e. The zero-order chi connectivity index (χ0) is 83.5. The van der Waals surface area contributed by atoms with Gasteiger partial charge in [-0.2, -0.15) is 0 Å². The highest BCUT2D eigenvalue weighted by Crippen LogP contribution is 2.76. The van der Waals surface area contributed by atoms with E-state index in [0.29, 0.717) is 12.8 Å². The Morgan fingerprint density at radius 2 is 1.01 bits per heavy atom. The van der Waals surface area contributed by atoms with Crippen LogP contribution in [0.15, 0.2) is 11.6 Å². The molecule has 0 aromatic rings. The minimum absolute atomic E-state index is 0.0594. The Hall–Kier alpha value is -3.66. The molecule has 7 aliphatic heterocycles. The summed E-state index contributed by atoms with van der Waals surface area (Å²) < 4.78 is 96.8. The van der Waals surface area contributed by atoms with Gasteiger partial charge in [-0.3, -0.25) is 19.2 Å². The molecule has 40 heteroatoms. The third-order valence-electron chi connectivity index (χ3n) is 27.6. The van der Waals surface area contributed by atoms with Crippen molar-refractivity contribution in [1.82, 2.24) is 0 Å². The number of aliphatic carboxylic acids is 1. The van der Waals surface area contributed by atoms with Crippen LogP contribution < -0.4 is 0 Å². The number of carbonyl (C=O) groups excluding carboxylic acids is 3. The first-order valence-corrected chi connectivity index (χ1v) is 39.1. The summed E-state index contributed by atoms with van der Waals surface area (Å²) in [7, 11) is 0. The molecule has 0 aromatic heterocycles. The minimum atomic E-state index is -2.32. The average molecular weight is 1650 g/mol. The summed E-state index contributed by atoms with van der Waals surface area (Å²) in [5, 5.41) is 221. The van der Waals surface area contributed by atoms with Gasteiger partial charge in [0.15, 0.2) is 56.1 Å². The van der Waals surface area contributed by atoms with Crippen LogP contribution in [0.25, 0.3) is 0 Å². The molecule has 12 rings (SSSR count). The second kappa shape index (κ2) is 34.0. The molecule has 7 saturated heterocycles. The lowest BCUT2D eigenvalue weighted by atomic mass is 9.33. The Morgan fingerprint density at radius 3 is 1.59 bits per heavy atom. The van der Waals surface area contributed by atoms with E-state index in [1.54, 1.807) is 0 Å². The molecule has 0 spiro atoms. The molecule has 42 atom stereocenters. The first kappa shape index (κ1) is 89.6. The first-order chi connectivity index (χ1) is 53.5. The van der Waals surface area contributed by atoms with Crippen molar-refractivity contribution < 1.29 is 197 Å². The number of aliphatic hydroxyl groups excluding tert-OH is 18. The molecule has 0 aromatic carbocycles. The van der Waals surface area contributed by atoms with Crippen LogP contribution in [0.3, 0.4) is 0 Å². The lowest BCUT2D eigenvalue weighted by Gasteiger charge is -2.71. The molecule has 114 heavy (non-hydrogen) atoms. The lowest BCUT2D eigenvalue weighted by molar-refractivity contribution is -0.388. The molecule has 5 aliphatic carbocycles. The highest BCUT2D eigenvalue weighted by Gasteiger charge is 2.75. The van der Waals surface area contributed by atoms with Crippen LogP contribution in [0.5, 0.6) is 0 Å². The number of aliphatic hydroxyl groups is 19. The van der Waals surface area contributed by atoms with Crippen molar-refractivity contribution in [2.45, 2.75) is 328 Å². The summed E-state index contributed by atoms with van der Waals surface area (Å²) in [5.41, 5.74) is -8.69. The lowest BCUT2D eigenvalue weighted by Crippen LogP contribution is -2.71. The van der Waals surface area contributed by atoms with Crippen LogP contribution in [0.4, 0.5) is 0 Å². The predicted molar refractivity (Wildman–Crippen MR) is 370 cm³/mol. The monoisotopic (exact) mass is 1640 g/mol. The van der Waals surface area contributed by atoms with Crippen LogP contribution >= 0.6 is 0 Å². The predicted octanol–water partition coefficient (Wildman–Crippen LogP) is -7.08. The quantitative estimate of drug-likeness (QED) is 0.0207. The van der Waals surface area contributed by atoms with Crippen molar-refractivity contribution in [2.24, 2.45) is 50.2 Å². The summed E-state index contributed by atoms with van der Waals surface area (Å²) in [6.45, 7) is 8.88. The van der Waals surface area contributed by atoms with E-state index in [-0.39, 0.29) is 44.9 Å². The number of esters is 3. The number of fused-ring (bicyclic) bond motifs is 7. The van der Waals surface area contributed by atoms with E-state index in [2.05, 4.69) is 0 Å². The molecule has 20 N–H and O–H groups in total. The van der Waals surface area contributed by atoms with Gasteiger partial charge in [-0.15, -0.1) is 0 Å². The van der Waals surface area contributed by atoms with Gasteiger partial charge >= 0.3 is 23.9 Å². The fourth-order valence-corrected chi connectivity index (χ4v) is 21.1. The summed E-state index contributed by atoms with van der Waals surface area (Å²) in [6.07, 6.45) is -56.1. The molecular weight excluding hydrogens is 1530 g/mol. The van der Waals surface area contributed by atoms with E-state index < -0.39 is 329 Å². The van der Waals surface area contributed by atoms with Crippen molar-refractivity contribution in [1.29, 1.82) is 0 Å². The molecular formula is C74H116O40. The van der Waals surface area contributed by atoms with Crippen LogP contribution in [-0.2, 0) is 95.0 Å². The summed E-state index contributed by atoms with van der Waals surface area (Å²) in [5.74, 6) is -6.16. The Kier molecular flexibility index (Phi) is 26.7. The van der Waals surface area contributed by atoms with E-state index in [9.17, 15) is 117 Å². The normalized spacial score (nSPS) is 52.1. The number of rotatable bonds is 22. The van der Waals surface area contributed by atoms with E-state index in [4.69, 9.17) is 75.8 Å². The smallest absolute Gasteiger partial charge is 0.315 e. The maximum atomic E-state index is 16.2. The molecule has 1 unspecified atom stereocenters. The number of carboxylic acid groups (broad SMARTS) is 1. The number of carboxylic acids is 1. The van der Waals surface area contributed by atoms with Crippen molar-refractivity contribution in [3.8, 4) is 0 Å². The van der Waals surface area contributed by atoms with Crippen LogP contribution in [0, 0.1) is 50.2 Å². The second-order valence-electron chi connectivity index (χ2n) is 34.9. The molecule has 7 heterocycles. The second-order valence-corrected chi connectivity index (χ2v) is 34.9. The number of carbonyl (C=O) groups is 4. The fraction of sp³-hybridized carbons (Fsp3) is 0.919. The average Bonchev–Trinajstić information content (AvgIpc) is 0.714. The zero-order valence-corrected chi connectivity index (χ0v) is 64.8. The largest absolute Gasteiger partial charge is 0.481 e. The first-order valence-electron chi connectivity index (χ1n) is 39.1. The molecule has 40 nitrogen and oxygen atoms in total. The standard InChI is InChI=1S/C74H116O40/c1-27-51(109-59-47(90)43(86)37(23-99-59)108-60-48(91)44(87)40(83)34(20-75)105-60)53(110-65-57(94)74(98,25-79)26-100-65)50(93)62(101-27)112-56-55(104-30(4)81)52(103-29(3)80)28(2)102-64(56)114-67(97)72-15-14-68(5,6)18-32(72)31-10-11-38-69(7)19-33(82)58(71(9,66(95)96)39(69)12-13-70(38,8)73(31,24-78)17-16-72)113-63-54(46(89)42(85)36(22-77)107-63)111-61-49(92)45(88)41(84)35(21-76)106-61/h10,27-28,32-65,75-79,82-94,98H,11-26H2,1-9H3,(H,95,96)/t27-,28+,32-,33-,34+,35+,36+,37+,38+,39?,40-,41+,42+,43-,44-,45-,46-,47+,48+,49+,50+,51-,52-,53-,54+,55-,56+,57-,58-,59-,60-,61-,62-,63-,64-,65-,69+,70+,71-,72-,73-,74+/m0/s1. The van der Waals surface area contributed by atoms with Gasteiger partial charge in [0, 0.05) is 19.3 Å². The molecule has 0 radical (unpaired) electrons. The molecule has 4 saturated carbocycles. The number of hydrogen-bond acceptors (Lipinski definition) is 39. The summed E-state index contributed by atoms with van der Waals surface area (Å²) in [6, 6.07) is 0. The Bertz CT molecular complexity index is 3390. The molecule has 11 fully saturated rings. The summed E-state index contributed by atoms with van der Waals surface area (Å²) >= 11 is 0. The Balaban J connectivity index is 0.828. The third kappa shape index (κ3) is 15.5. The van der Waals surface area contributed by atoms with Crippen LogP contribution in [0.1, 0.15) is 120 Å². The number of hydrogen-bond donors (Lipinski definition) is 20. The highest BCUT2D eigenvalue weighted by atomic mass is 16.8. The topological polar surface area (TPSA) is 621 Å². The van der Waals surface area contributed by atoms with Gasteiger partial charge in [0.05, 0.1) is 75.4 Å². The van der Waals surface area contributed by atoms with Gasteiger partial charge in [-0.1, -0.05) is 39.3 Å². The Morgan fingerprint density at radius 1 is 0.482 bits per heavy atom. The molecule has 12 aliphatic rings. The van der Waals surface area contributed by atoms with Gasteiger partial charge in [-0.25, -0.2) is 0 Å². The fourth-order valence-electron chi connectivity index (χ4n) is 21.1.